The van der Waals surface area contributed by atoms with Crippen LogP contribution in [-0.2, 0) is 52.2 Å². The molecule has 0 atom stereocenters. The molecule has 1 aliphatic rings. The first-order valence-electron chi connectivity index (χ1n) is 23.6. The minimum absolute atomic E-state index is 0. The van der Waals surface area contributed by atoms with E-state index >= 15 is 0 Å². The van der Waals surface area contributed by atoms with E-state index in [9.17, 15) is 9.59 Å². The number of rotatable bonds is 11. The first-order chi connectivity index (χ1) is 34.5. The third kappa shape index (κ3) is 9.22. The number of ketones is 1. The average molecular weight is 1090 g/mol. The largest absolute Gasteiger partial charge is 3.00 e. The van der Waals surface area contributed by atoms with E-state index in [1.165, 1.54) is 22.3 Å². The molecule has 1 aliphatic carbocycles. The first kappa shape index (κ1) is 45.2. The molecular formula is C64H42IrN3O3. The van der Waals surface area contributed by atoms with Crippen LogP contribution < -0.4 is 5.63 Å². The number of hydrogen-bond acceptors (Lipinski definition) is 6. The quantitative estimate of drug-likeness (QED) is 0.0729. The van der Waals surface area contributed by atoms with Crippen LogP contribution in [0.5, 0.6) is 0 Å². The predicted molar refractivity (Wildman–Crippen MR) is 278 cm³/mol. The second kappa shape index (κ2) is 19.6. The molecule has 6 nitrogen and oxygen atoms in total. The maximum absolute atomic E-state index is 13.1. The van der Waals surface area contributed by atoms with Crippen molar-refractivity contribution in [2.45, 2.75) is 32.1 Å². The van der Waals surface area contributed by atoms with E-state index < -0.39 is 5.63 Å². The van der Waals surface area contributed by atoms with Crippen LogP contribution in [0, 0.1) is 18.2 Å². The van der Waals surface area contributed by atoms with Gasteiger partial charge in [0.1, 0.15) is 0 Å². The number of Topliss-reactive ketones (excluding diaryl/α,β-unsaturated/α-hetero) is 1. The van der Waals surface area contributed by atoms with E-state index in [4.69, 9.17) is 9.40 Å². The molecule has 4 heterocycles. The van der Waals surface area contributed by atoms with Gasteiger partial charge in [0.25, 0.3) is 0 Å². The monoisotopic (exact) mass is 1090 g/mol. The zero-order valence-electron chi connectivity index (χ0n) is 38.4. The van der Waals surface area contributed by atoms with E-state index in [0.717, 1.165) is 92.6 Å². The molecule has 0 amide bonds. The Morgan fingerprint density at radius 1 is 0.479 bits per heavy atom. The van der Waals surface area contributed by atoms with Crippen molar-refractivity contribution in [3.05, 3.63) is 257 Å². The standard InChI is InChI=1S/C64H42N3O3.Ir/c68-60-40-52-35-41(18-28-55(52)62-56(60)12-6-31-66-62)14-16-43-34-44(17-15-42-19-29-57-61(38-42)70-64(69)58-13-7-32-67-63(57)58)37-51(36-43)54-11-5-4-10-53(54)48-24-26-49(27-25-48)59-39-50(30-33-65-59)47-22-20-46(21-23-47)45-8-2-1-3-9-45;/h1-13,18-26,30-39H,14-17,40H2;/q-3;+3. The van der Waals surface area contributed by atoms with Gasteiger partial charge in [0.2, 0.25) is 0 Å². The van der Waals surface area contributed by atoms with Gasteiger partial charge in [0.15, 0.2) is 5.78 Å². The van der Waals surface area contributed by atoms with Gasteiger partial charge in [0.05, 0.1) is 0 Å². The second-order valence-electron chi connectivity index (χ2n) is 17.9. The van der Waals surface area contributed by atoms with Crippen molar-refractivity contribution >= 4 is 27.7 Å². The van der Waals surface area contributed by atoms with Crippen LogP contribution in [-0.4, -0.2) is 20.7 Å². The Bertz CT molecular complexity index is 3850. The van der Waals surface area contributed by atoms with Crippen LogP contribution in [0.4, 0.5) is 0 Å². The molecule has 4 aromatic heterocycles. The third-order valence-electron chi connectivity index (χ3n) is 13.4. The Morgan fingerprint density at radius 3 is 1.90 bits per heavy atom. The van der Waals surface area contributed by atoms with Crippen LogP contribution in [0.2, 0.25) is 0 Å². The van der Waals surface area contributed by atoms with Gasteiger partial charge in [-0.3, -0.25) is 4.79 Å². The van der Waals surface area contributed by atoms with Crippen LogP contribution >= 0.6 is 0 Å². The van der Waals surface area contributed by atoms with Gasteiger partial charge >= 0.3 is 25.7 Å². The van der Waals surface area contributed by atoms with Crippen LogP contribution in [0.25, 0.3) is 88.9 Å². The normalized spacial score (nSPS) is 11.8. The van der Waals surface area contributed by atoms with E-state index in [0.29, 0.717) is 39.6 Å². The third-order valence-corrected chi connectivity index (χ3v) is 13.4. The molecule has 340 valence electrons. The summed E-state index contributed by atoms with van der Waals surface area (Å²) in [5.41, 5.74) is 19.3. The summed E-state index contributed by atoms with van der Waals surface area (Å²) in [5.74, 6) is 0.0902. The summed E-state index contributed by atoms with van der Waals surface area (Å²) in [7, 11) is 0. The molecule has 0 unspecified atom stereocenters. The smallest absolute Gasteiger partial charge is 0.472 e. The number of fused-ring (bicyclic) bond motifs is 6. The van der Waals surface area contributed by atoms with Crippen LogP contribution in [0.15, 0.2) is 204 Å². The van der Waals surface area contributed by atoms with Crippen molar-refractivity contribution in [3.63, 3.8) is 0 Å². The molecule has 12 rings (SSSR count). The van der Waals surface area contributed by atoms with Crippen molar-refractivity contribution in [2.24, 2.45) is 0 Å². The number of benzene rings is 7. The van der Waals surface area contributed by atoms with E-state index in [1.807, 2.05) is 36.5 Å². The number of hydrogen-bond donors (Lipinski definition) is 0. The molecule has 0 bridgehead atoms. The fraction of sp³-hybridized carbons (Fsp3) is 0.0781. The molecule has 11 aromatic rings. The van der Waals surface area contributed by atoms with E-state index in [2.05, 4.69) is 162 Å². The number of nitrogens with zero attached hydrogens (tertiary/aromatic N) is 3. The van der Waals surface area contributed by atoms with Gasteiger partial charge in [-0.2, -0.15) is 0 Å². The summed E-state index contributed by atoms with van der Waals surface area (Å²) in [5, 5.41) is 1.15. The Morgan fingerprint density at radius 2 is 1.13 bits per heavy atom. The number of carbonyl (C=O) groups excluding carboxylic acids is 1. The SMILES string of the molecule is O=C1Cc2cc(CCc3cc(CCc4c[c-]c5c(c4)oc(=O)c4cccnc45)cc(-c4ccccc4-c4c[c-]c(-c5cc(-c6ccc(-c7ccccc7)cc6)ccn5)cc4)c3)c[c-]c2-c2ncccc21.[Ir+3]. The van der Waals surface area contributed by atoms with Gasteiger partial charge in [-0.05, 0) is 86.9 Å². The summed E-state index contributed by atoms with van der Waals surface area (Å²) in [4.78, 5) is 39.7. The maximum atomic E-state index is 13.1. The van der Waals surface area contributed by atoms with E-state index in [1.54, 1.807) is 24.5 Å². The summed E-state index contributed by atoms with van der Waals surface area (Å²) < 4.78 is 5.77. The molecule has 7 aromatic carbocycles. The summed E-state index contributed by atoms with van der Waals surface area (Å²) in [6.07, 6.45) is 8.68. The van der Waals surface area contributed by atoms with Gasteiger partial charge in [-0.15, -0.1) is 82.4 Å². The molecule has 0 spiro atoms. The zero-order chi connectivity index (χ0) is 47.0. The molecule has 0 saturated carbocycles. The minimum atomic E-state index is -0.402. The van der Waals surface area contributed by atoms with Gasteiger partial charge in [0, 0.05) is 47.1 Å². The summed E-state index contributed by atoms with van der Waals surface area (Å²) >= 11 is 0. The van der Waals surface area contributed by atoms with Crippen LogP contribution in [0.1, 0.15) is 38.2 Å². The summed E-state index contributed by atoms with van der Waals surface area (Å²) in [6.45, 7) is 0. The molecule has 0 fully saturated rings. The molecule has 0 aliphatic heterocycles. The molecule has 0 N–H and O–H groups in total. The van der Waals surface area contributed by atoms with Crippen LogP contribution in [0.3, 0.4) is 0 Å². The number of carbonyl (C=O) groups is 1. The number of aryl methyl sites for hydroxylation is 4. The topological polar surface area (TPSA) is 86.0 Å². The molecule has 71 heavy (non-hydrogen) atoms. The fourth-order valence-corrected chi connectivity index (χ4v) is 9.81. The number of pyridine rings is 3. The average Bonchev–Trinajstić information content (AvgIpc) is 3.42. The molecule has 0 saturated heterocycles. The molecule has 7 heteroatoms. The van der Waals surface area contributed by atoms with Crippen molar-refractivity contribution < 1.29 is 29.3 Å². The second-order valence-corrected chi connectivity index (χ2v) is 17.9. The molecule has 0 radical (unpaired) electrons. The summed E-state index contributed by atoms with van der Waals surface area (Å²) in [6, 6.07) is 70.8. The van der Waals surface area contributed by atoms with Crippen molar-refractivity contribution in [1.82, 2.24) is 15.0 Å². The van der Waals surface area contributed by atoms with Crippen molar-refractivity contribution in [1.29, 1.82) is 0 Å². The van der Waals surface area contributed by atoms with Gasteiger partial charge in [-0.1, -0.05) is 151 Å². The van der Waals surface area contributed by atoms with Gasteiger partial charge in [-0.25, -0.2) is 4.79 Å². The van der Waals surface area contributed by atoms with E-state index in [-0.39, 0.29) is 25.9 Å². The Balaban J connectivity index is 0.00000547. The Labute approximate surface area is 425 Å². The number of aromatic nitrogens is 3. The Hall–Kier alpha value is -8.22. The first-order valence-corrected chi connectivity index (χ1v) is 23.6. The fourth-order valence-electron chi connectivity index (χ4n) is 9.81. The van der Waals surface area contributed by atoms with Crippen molar-refractivity contribution in [3.8, 4) is 67.0 Å². The van der Waals surface area contributed by atoms with Crippen molar-refractivity contribution in [2.75, 3.05) is 0 Å². The maximum Gasteiger partial charge on any atom is 3.00 e. The molecular weight excluding hydrogens is 1050 g/mol. The van der Waals surface area contributed by atoms with Gasteiger partial charge < -0.3 is 19.4 Å². The Kier molecular flexibility index (Phi) is 12.5. The predicted octanol–water partition coefficient (Wildman–Crippen LogP) is 13.8. The minimum Gasteiger partial charge on any atom is -0.472 e. The zero-order valence-corrected chi connectivity index (χ0v) is 40.8.